The molecule has 0 saturated heterocycles. The van der Waals surface area contributed by atoms with Crippen LogP contribution in [0.2, 0.25) is 0 Å². The van der Waals surface area contributed by atoms with Crippen LogP contribution in [0.15, 0.2) is 24.3 Å². The fraction of sp³-hybridized carbons (Fsp3) is 0.647. The molecule has 1 N–H and O–H groups in total. The minimum absolute atomic E-state index is 0.455. The van der Waals surface area contributed by atoms with Gasteiger partial charge in [-0.15, -0.1) is 0 Å². The largest absolute Gasteiger partial charge is 0.491 e. The van der Waals surface area contributed by atoms with Crippen LogP contribution >= 0.6 is 0 Å². The Balaban J connectivity index is 2.06. The molecule has 0 amide bonds. The lowest BCUT2D eigenvalue weighted by atomic mass is 9.91. The fourth-order valence-corrected chi connectivity index (χ4v) is 3.21. The molecule has 2 unspecified atom stereocenters. The molecule has 19 heavy (non-hydrogen) atoms. The van der Waals surface area contributed by atoms with E-state index in [9.17, 15) is 0 Å². The second kappa shape index (κ2) is 5.85. The summed E-state index contributed by atoms with van der Waals surface area (Å²) in [5, 5.41) is 3.70. The van der Waals surface area contributed by atoms with Crippen molar-refractivity contribution in [2.24, 2.45) is 11.3 Å². The van der Waals surface area contributed by atoms with Crippen LogP contribution in [-0.4, -0.2) is 12.6 Å². The lowest BCUT2D eigenvalue weighted by Crippen LogP contribution is -2.22. The van der Waals surface area contributed by atoms with Crippen LogP contribution in [-0.2, 0) is 0 Å². The van der Waals surface area contributed by atoms with Crippen LogP contribution in [0.5, 0.6) is 5.75 Å². The Morgan fingerprint density at radius 1 is 1.26 bits per heavy atom. The van der Waals surface area contributed by atoms with Gasteiger partial charge in [-0.1, -0.05) is 39.8 Å². The summed E-state index contributed by atoms with van der Waals surface area (Å²) in [5.74, 6) is 1.70. The normalized spacial score (nSPS) is 25.3. The van der Waals surface area contributed by atoms with Gasteiger partial charge in [0.15, 0.2) is 0 Å². The maximum absolute atomic E-state index is 5.82. The van der Waals surface area contributed by atoms with Crippen molar-refractivity contribution in [2.75, 3.05) is 11.9 Å². The summed E-state index contributed by atoms with van der Waals surface area (Å²) < 4.78 is 5.82. The first-order chi connectivity index (χ1) is 9.02. The molecule has 1 aromatic rings. The van der Waals surface area contributed by atoms with Crippen molar-refractivity contribution in [1.82, 2.24) is 0 Å². The molecule has 0 radical (unpaired) electrons. The van der Waals surface area contributed by atoms with E-state index in [-0.39, 0.29) is 0 Å². The third kappa shape index (κ3) is 3.65. The highest BCUT2D eigenvalue weighted by Gasteiger charge is 2.36. The summed E-state index contributed by atoms with van der Waals surface area (Å²) in [6.07, 6.45) is 3.57. The topological polar surface area (TPSA) is 21.3 Å². The van der Waals surface area contributed by atoms with Gasteiger partial charge in [-0.05, 0) is 42.7 Å². The molecule has 2 nitrogen and oxygen atoms in total. The van der Waals surface area contributed by atoms with Crippen molar-refractivity contribution < 1.29 is 4.74 Å². The number of rotatable bonds is 5. The van der Waals surface area contributed by atoms with Crippen LogP contribution in [0.3, 0.4) is 0 Å². The van der Waals surface area contributed by atoms with Gasteiger partial charge in [-0.25, -0.2) is 0 Å². The van der Waals surface area contributed by atoms with Crippen LogP contribution in [0.25, 0.3) is 0 Å². The minimum Gasteiger partial charge on any atom is -0.491 e. The number of anilines is 1. The van der Waals surface area contributed by atoms with E-state index in [1.165, 1.54) is 12.8 Å². The Hall–Kier alpha value is -1.18. The third-order valence-corrected chi connectivity index (χ3v) is 4.02. The molecule has 0 bridgehead atoms. The average Bonchev–Trinajstić information content (AvgIpc) is 2.61. The summed E-state index contributed by atoms with van der Waals surface area (Å²) in [6, 6.07) is 8.86. The van der Waals surface area contributed by atoms with Gasteiger partial charge in [0.25, 0.3) is 0 Å². The molecular weight excluding hydrogens is 234 g/mol. The zero-order valence-corrected chi connectivity index (χ0v) is 12.7. The van der Waals surface area contributed by atoms with E-state index in [1.54, 1.807) is 0 Å². The smallest absolute Gasteiger partial charge is 0.142 e. The Kier molecular flexibility index (Phi) is 4.38. The van der Waals surface area contributed by atoms with E-state index in [1.807, 2.05) is 6.07 Å². The van der Waals surface area contributed by atoms with Crippen LogP contribution < -0.4 is 10.1 Å². The number of ether oxygens (including phenoxy) is 1. The molecule has 1 fully saturated rings. The molecule has 0 heterocycles. The zero-order chi connectivity index (χ0) is 13.9. The molecule has 0 aromatic heterocycles. The number of hydrogen-bond donors (Lipinski definition) is 1. The van der Waals surface area contributed by atoms with E-state index < -0.39 is 0 Å². The van der Waals surface area contributed by atoms with Crippen molar-refractivity contribution in [3.05, 3.63) is 24.3 Å². The van der Waals surface area contributed by atoms with Gasteiger partial charge in [-0.2, -0.15) is 0 Å². The molecule has 1 aromatic carbocycles. The second-order valence-electron chi connectivity index (χ2n) is 6.65. The quantitative estimate of drug-likeness (QED) is 0.828. The molecule has 1 aliphatic rings. The Morgan fingerprint density at radius 2 is 2.00 bits per heavy atom. The van der Waals surface area contributed by atoms with Crippen molar-refractivity contribution in [3.63, 3.8) is 0 Å². The first kappa shape index (κ1) is 14.2. The van der Waals surface area contributed by atoms with E-state index in [0.717, 1.165) is 24.5 Å². The highest BCUT2D eigenvalue weighted by molar-refractivity contribution is 5.57. The van der Waals surface area contributed by atoms with Crippen LogP contribution in [0.4, 0.5) is 5.69 Å². The second-order valence-corrected chi connectivity index (χ2v) is 6.65. The van der Waals surface area contributed by atoms with Gasteiger partial charge in [0.05, 0.1) is 12.3 Å². The molecule has 0 spiro atoms. The van der Waals surface area contributed by atoms with E-state index in [0.29, 0.717) is 17.4 Å². The maximum atomic E-state index is 5.82. The minimum atomic E-state index is 0.455. The molecule has 2 heteroatoms. The summed E-state index contributed by atoms with van der Waals surface area (Å²) in [7, 11) is 0. The standard InChI is InChI=1S/C17H27NO/c1-5-10-19-16-9-7-6-8-14(16)18-15-12-17(3,4)11-13(15)2/h6-9,13,15,18H,5,10-12H2,1-4H3. The van der Waals surface area contributed by atoms with Crippen molar-refractivity contribution in [2.45, 2.75) is 53.0 Å². The first-order valence-electron chi connectivity index (χ1n) is 7.50. The van der Waals surface area contributed by atoms with Gasteiger partial charge >= 0.3 is 0 Å². The molecule has 2 atom stereocenters. The summed E-state index contributed by atoms with van der Waals surface area (Å²) in [6.45, 7) is 10.00. The molecular formula is C17H27NO. The number of benzene rings is 1. The number of para-hydroxylation sites is 2. The highest BCUT2D eigenvalue weighted by atomic mass is 16.5. The van der Waals surface area contributed by atoms with Crippen molar-refractivity contribution in [1.29, 1.82) is 0 Å². The summed E-state index contributed by atoms with van der Waals surface area (Å²) in [4.78, 5) is 0. The van der Waals surface area contributed by atoms with Crippen molar-refractivity contribution in [3.8, 4) is 5.75 Å². The molecule has 0 aliphatic heterocycles. The van der Waals surface area contributed by atoms with Crippen LogP contribution in [0.1, 0.15) is 47.0 Å². The predicted molar refractivity (Wildman–Crippen MR) is 81.8 cm³/mol. The number of hydrogen-bond acceptors (Lipinski definition) is 2. The Labute approximate surface area is 117 Å². The zero-order valence-electron chi connectivity index (χ0n) is 12.7. The van der Waals surface area contributed by atoms with E-state index >= 15 is 0 Å². The van der Waals surface area contributed by atoms with Gasteiger partial charge in [0.1, 0.15) is 5.75 Å². The van der Waals surface area contributed by atoms with E-state index in [2.05, 4.69) is 51.2 Å². The lowest BCUT2D eigenvalue weighted by molar-refractivity contribution is 0.318. The average molecular weight is 261 g/mol. The molecule has 106 valence electrons. The first-order valence-corrected chi connectivity index (χ1v) is 7.50. The van der Waals surface area contributed by atoms with Gasteiger partial charge < -0.3 is 10.1 Å². The fourth-order valence-electron chi connectivity index (χ4n) is 3.21. The van der Waals surface area contributed by atoms with Gasteiger partial charge in [0.2, 0.25) is 0 Å². The predicted octanol–water partition coefficient (Wildman–Crippen LogP) is 4.71. The SMILES string of the molecule is CCCOc1ccccc1NC1CC(C)(C)CC1C. The summed E-state index contributed by atoms with van der Waals surface area (Å²) in [5.41, 5.74) is 1.60. The highest BCUT2D eigenvalue weighted by Crippen LogP contribution is 2.42. The monoisotopic (exact) mass is 261 g/mol. The lowest BCUT2D eigenvalue weighted by Gasteiger charge is -2.21. The Bertz CT molecular complexity index is 413. The Morgan fingerprint density at radius 3 is 2.63 bits per heavy atom. The molecule has 1 aliphatic carbocycles. The van der Waals surface area contributed by atoms with Gasteiger partial charge in [-0.3, -0.25) is 0 Å². The molecule has 2 rings (SSSR count). The third-order valence-electron chi connectivity index (χ3n) is 4.02. The summed E-state index contributed by atoms with van der Waals surface area (Å²) >= 11 is 0. The van der Waals surface area contributed by atoms with E-state index in [4.69, 9.17) is 4.74 Å². The van der Waals surface area contributed by atoms with Crippen LogP contribution in [0, 0.1) is 11.3 Å². The van der Waals surface area contributed by atoms with Crippen molar-refractivity contribution >= 4 is 5.69 Å². The number of nitrogens with one attached hydrogen (secondary N) is 1. The van der Waals surface area contributed by atoms with Gasteiger partial charge in [0, 0.05) is 6.04 Å². The maximum Gasteiger partial charge on any atom is 0.142 e. The molecule has 1 saturated carbocycles.